The van der Waals surface area contributed by atoms with Gasteiger partial charge in [0.05, 0.1) is 23.1 Å². The third-order valence-corrected chi connectivity index (χ3v) is 18.9. The van der Waals surface area contributed by atoms with E-state index in [4.69, 9.17) is 0 Å². The number of para-hydroxylation sites is 1. The molecule has 1 aromatic heterocycles. The van der Waals surface area contributed by atoms with Crippen molar-refractivity contribution in [1.29, 1.82) is 0 Å². The summed E-state index contributed by atoms with van der Waals surface area (Å²) in [5.74, 6) is 2.15. The van der Waals surface area contributed by atoms with E-state index < -0.39 is 16.4 Å². The van der Waals surface area contributed by atoms with Crippen LogP contribution in [0.2, 0.25) is 0 Å². The number of benzene rings is 2. The molecule has 7 heteroatoms. The van der Waals surface area contributed by atoms with E-state index in [1.54, 1.807) is 11.3 Å². The van der Waals surface area contributed by atoms with Crippen molar-refractivity contribution >= 4 is 38.9 Å². The van der Waals surface area contributed by atoms with E-state index in [0.717, 1.165) is 70.7 Å². The van der Waals surface area contributed by atoms with Crippen LogP contribution in [0.25, 0.3) is 10.1 Å². The normalized spacial score (nSPS) is 41.7. The number of fused-ring (bicyclic) bond motifs is 4. The van der Waals surface area contributed by atoms with Gasteiger partial charge < -0.3 is 20.4 Å². The highest BCUT2D eigenvalue weighted by molar-refractivity contribution is 7.21. The first-order chi connectivity index (χ1) is 26.2. The zero-order chi connectivity index (χ0) is 38.2. The predicted molar refractivity (Wildman–Crippen MR) is 220 cm³/mol. The Balaban J connectivity index is 1.03. The van der Waals surface area contributed by atoms with Crippen molar-refractivity contribution in [3.05, 3.63) is 89.3 Å². The molecule has 55 heavy (non-hydrogen) atoms. The summed E-state index contributed by atoms with van der Waals surface area (Å²) in [5.41, 5.74) is -0.686. The van der Waals surface area contributed by atoms with E-state index in [-0.39, 0.29) is 47.1 Å². The molecule has 6 saturated carbocycles. The quantitative estimate of drug-likeness (QED) is 0.165. The Hall–Kier alpha value is -3.26. The van der Waals surface area contributed by atoms with Gasteiger partial charge in [-0.25, -0.2) is 4.79 Å². The molecule has 290 valence electrons. The number of nitrogens with zero attached hydrogens (tertiary/aromatic N) is 1. The van der Waals surface area contributed by atoms with Crippen molar-refractivity contribution in [3.8, 4) is 0 Å². The highest BCUT2D eigenvalue weighted by Crippen LogP contribution is 2.78. The number of hydrogen-bond donors (Lipinski definition) is 3. The highest BCUT2D eigenvalue weighted by Gasteiger charge is 2.74. The fourth-order valence-corrected chi connectivity index (χ4v) is 15.6. The Bertz CT molecular complexity index is 2090. The van der Waals surface area contributed by atoms with Gasteiger partial charge in [-0.3, -0.25) is 4.79 Å². The van der Waals surface area contributed by atoms with Crippen molar-refractivity contribution in [2.24, 2.45) is 56.7 Å². The minimum absolute atomic E-state index is 0.0339. The second-order valence-electron chi connectivity index (χ2n) is 20.2. The number of ketones is 1. The van der Waals surface area contributed by atoms with E-state index in [0.29, 0.717) is 36.6 Å². The number of nitrogens with one attached hydrogen (secondary N) is 1. The lowest BCUT2D eigenvalue weighted by Crippen LogP contribution is -2.67. The molecule has 11 unspecified atom stereocenters. The number of carbonyl (C=O) groups is 2. The molecule has 2 amide bonds. The van der Waals surface area contributed by atoms with Crippen LogP contribution in [0.3, 0.4) is 0 Å². The average Bonchev–Trinajstić information content (AvgIpc) is 3.73. The molecule has 2 aromatic carbocycles. The van der Waals surface area contributed by atoms with E-state index in [1.165, 1.54) is 12.8 Å². The van der Waals surface area contributed by atoms with E-state index >= 15 is 4.79 Å². The first-order valence-corrected chi connectivity index (χ1v) is 22.0. The third-order valence-electron chi connectivity index (χ3n) is 17.8. The number of thiophene rings is 1. The number of Topliss-reactive ketones (excluding diaryl/α,β-unsaturated/α-hetero) is 1. The van der Waals surface area contributed by atoms with E-state index in [2.05, 4.69) is 69.4 Å². The minimum atomic E-state index is -1.12. The summed E-state index contributed by atoms with van der Waals surface area (Å²) < 4.78 is 1.12. The fourth-order valence-electron chi connectivity index (χ4n) is 14.5. The van der Waals surface area contributed by atoms with Crippen LogP contribution in [0.5, 0.6) is 0 Å². The van der Waals surface area contributed by atoms with Gasteiger partial charge in [0.15, 0.2) is 5.78 Å². The fraction of sp³-hybridized carbons (Fsp3) is 0.583. The maximum Gasteiger partial charge on any atom is 0.321 e. The Morgan fingerprint density at radius 2 is 1.60 bits per heavy atom. The number of carbonyl (C=O) groups excluding carboxylic acids is 2. The summed E-state index contributed by atoms with van der Waals surface area (Å²) >= 11 is 1.58. The number of amides is 2. The molecule has 0 aliphatic heterocycles. The second kappa shape index (κ2) is 12.1. The van der Waals surface area contributed by atoms with E-state index in [9.17, 15) is 15.0 Å². The summed E-state index contributed by atoms with van der Waals surface area (Å²) in [6.45, 7) is 10.5. The lowest BCUT2D eigenvalue weighted by molar-refractivity contribution is -0.176. The molecule has 0 radical (unpaired) electrons. The molecular weight excluding hydrogens is 701 g/mol. The van der Waals surface area contributed by atoms with Crippen molar-refractivity contribution in [2.45, 2.75) is 104 Å². The minimum Gasteiger partial charge on any atom is -0.393 e. The summed E-state index contributed by atoms with van der Waals surface area (Å²) in [4.78, 5) is 32.4. The summed E-state index contributed by atoms with van der Waals surface area (Å²) in [6.07, 6.45) is 15.8. The average molecular weight is 759 g/mol. The Morgan fingerprint density at radius 3 is 2.36 bits per heavy atom. The van der Waals surface area contributed by atoms with Crippen LogP contribution < -0.4 is 5.32 Å². The van der Waals surface area contributed by atoms with Crippen molar-refractivity contribution in [2.75, 3.05) is 18.4 Å². The van der Waals surface area contributed by atoms with Gasteiger partial charge in [-0.2, -0.15) is 0 Å². The number of aliphatic hydroxyl groups excluding tert-OH is 1. The van der Waals surface area contributed by atoms with Crippen LogP contribution in [0.15, 0.2) is 84.5 Å². The summed E-state index contributed by atoms with van der Waals surface area (Å²) in [6, 6.07) is 19.9. The molecule has 1 heterocycles. The zero-order valence-corrected chi connectivity index (χ0v) is 33.8. The van der Waals surface area contributed by atoms with Crippen molar-refractivity contribution < 1.29 is 19.8 Å². The third kappa shape index (κ3) is 4.91. The molecule has 3 N–H and O–H groups in total. The molecule has 11 atom stereocenters. The van der Waals surface area contributed by atoms with E-state index in [1.807, 2.05) is 47.4 Å². The van der Waals surface area contributed by atoms with Gasteiger partial charge in [0, 0.05) is 38.8 Å². The second-order valence-corrected chi connectivity index (χ2v) is 21.2. The van der Waals surface area contributed by atoms with Crippen LogP contribution >= 0.6 is 11.3 Å². The first kappa shape index (κ1) is 36.1. The summed E-state index contributed by atoms with van der Waals surface area (Å²) in [7, 11) is 0. The van der Waals surface area contributed by atoms with Gasteiger partial charge in [0.1, 0.15) is 0 Å². The Morgan fingerprint density at radius 1 is 0.873 bits per heavy atom. The monoisotopic (exact) mass is 758 g/mol. The maximum atomic E-state index is 15.2. The van der Waals surface area contributed by atoms with Crippen molar-refractivity contribution in [3.63, 3.8) is 0 Å². The largest absolute Gasteiger partial charge is 0.393 e. The van der Waals surface area contributed by atoms with Crippen LogP contribution in [0.4, 0.5) is 10.5 Å². The number of allylic oxidation sites excluding steroid dienone is 4. The molecule has 2 spiro atoms. The van der Waals surface area contributed by atoms with Gasteiger partial charge >= 0.3 is 6.03 Å². The van der Waals surface area contributed by atoms with Crippen LogP contribution in [-0.2, 0) is 0 Å². The molecule has 6 nitrogen and oxygen atoms in total. The van der Waals surface area contributed by atoms with Gasteiger partial charge in [0.2, 0.25) is 0 Å². The molecule has 4 bridgehead atoms. The number of rotatable bonds is 7. The van der Waals surface area contributed by atoms with Crippen LogP contribution in [-0.4, -0.2) is 51.7 Å². The van der Waals surface area contributed by atoms with Gasteiger partial charge in [-0.15, -0.1) is 11.3 Å². The standard InChI is InChI=1S/C48H58N2O4S/c1-43(2)32-15-14-31(35(43)25-32)28-50(42(53)49-33-11-6-5-7-12-33)29-47(54)21-18-40-45(47,4)20-17-39-44(3)19-16-34(51)26-46(44)22-23-48(39,40)36(27-46)41(52)38-24-30-10-8-9-13-37(30)55-38/h5-13,22-24,27,31-32,34-35,39-40,51,54H,14-21,25-26,28-29H2,1-4H3,(H,49,53). The molecule has 0 saturated heterocycles. The number of hydrogen-bond acceptors (Lipinski definition) is 5. The van der Waals surface area contributed by atoms with Crippen LogP contribution in [0, 0.1) is 56.7 Å². The molecule has 12 rings (SSSR count). The Labute approximate surface area is 330 Å². The lowest BCUT2D eigenvalue weighted by Gasteiger charge is -2.71. The Kier molecular flexibility index (Phi) is 7.96. The highest BCUT2D eigenvalue weighted by atomic mass is 32.1. The maximum absolute atomic E-state index is 15.2. The molecule has 9 aliphatic rings. The summed E-state index contributed by atoms with van der Waals surface area (Å²) in [5, 5.41) is 28.8. The van der Waals surface area contributed by atoms with Gasteiger partial charge in [-0.1, -0.05) is 82.3 Å². The zero-order valence-electron chi connectivity index (χ0n) is 33.0. The first-order valence-electron chi connectivity index (χ1n) is 21.2. The number of urea groups is 1. The van der Waals surface area contributed by atoms with Crippen molar-refractivity contribution in [1.82, 2.24) is 4.90 Å². The molecular formula is C48H58N2O4S. The topological polar surface area (TPSA) is 89.9 Å². The predicted octanol–water partition coefficient (Wildman–Crippen LogP) is 10.3. The van der Waals surface area contributed by atoms with Gasteiger partial charge in [-0.05, 0) is 134 Å². The van der Waals surface area contributed by atoms with Crippen LogP contribution in [0.1, 0.15) is 102 Å². The smallest absolute Gasteiger partial charge is 0.321 e. The lowest BCUT2D eigenvalue weighted by atomic mass is 9.32. The molecule has 6 fully saturated rings. The molecule has 9 aliphatic carbocycles. The number of aliphatic hydroxyl groups is 2. The molecule has 3 aromatic rings. The van der Waals surface area contributed by atoms with Gasteiger partial charge in [0.25, 0.3) is 0 Å². The SMILES string of the molecule is CC1(C)C2CCC(CN(CC3(O)CCC4C56C=CC7(C=C5C(=O)c5cc8ccccc8s5)CC(O)CCC7(C)C6CCC43C)C(=O)Nc3ccccc3)C1C2. The number of anilines is 1.